The zero-order valence-electron chi connectivity index (χ0n) is 12.7. The Bertz CT molecular complexity index is 642. The summed E-state index contributed by atoms with van der Waals surface area (Å²) in [5.41, 5.74) is 2.12. The Kier molecular flexibility index (Phi) is 7.46. The Labute approximate surface area is 148 Å². The molecule has 1 aromatic heterocycles. The number of imidazole rings is 1. The maximum atomic E-state index is 5.25. The molecule has 1 heterocycles. The van der Waals surface area contributed by atoms with Crippen LogP contribution in [0.3, 0.4) is 0 Å². The van der Waals surface area contributed by atoms with Crippen molar-refractivity contribution in [1.29, 1.82) is 0 Å². The number of rotatable bonds is 4. The van der Waals surface area contributed by atoms with E-state index >= 15 is 0 Å². The molecule has 0 bridgehead atoms. The van der Waals surface area contributed by atoms with Crippen molar-refractivity contribution in [2.24, 2.45) is 4.99 Å². The van der Waals surface area contributed by atoms with Crippen LogP contribution >= 0.6 is 24.0 Å². The van der Waals surface area contributed by atoms with Crippen LogP contribution in [0.15, 0.2) is 41.5 Å². The van der Waals surface area contributed by atoms with Crippen molar-refractivity contribution in [1.82, 2.24) is 20.2 Å². The first-order chi connectivity index (χ1) is 10.2. The van der Waals surface area contributed by atoms with Crippen LogP contribution in [0.2, 0.25) is 0 Å². The van der Waals surface area contributed by atoms with Gasteiger partial charge in [-0.25, -0.2) is 4.98 Å². The second-order valence-electron chi connectivity index (χ2n) is 4.57. The van der Waals surface area contributed by atoms with Crippen LogP contribution in [0.1, 0.15) is 5.82 Å². The molecular formula is C16H20IN5. The second-order valence-corrected chi connectivity index (χ2v) is 4.57. The van der Waals surface area contributed by atoms with E-state index < -0.39 is 0 Å². The molecule has 0 amide bonds. The first-order valence-electron chi connectivity index (χ1n) is 6.69. The van der Waals surface area contributed by atoms with Crippen molar-refractivity contribution in [3.05, 3.63) is 42.4 Å². The van der Waals surface area contributed by atoms with E-state index in [-0.39, 0.29) is 24.0 Å². The van der Waals surface area contributed by atoms with E-state index in [0.717, 1.165) is 23.0 Å². The van der Waals surface area contributed by atoms with Crippen LogP contribution in [0.4, 0.5) is 0 Å². The monoisotopic (exact) mass is 409 g/mol. The third-order valence-electron chi connectivity index (χ3n) is 3.02. The zero-order chi connectivity index (χ0) is 15.1. The molecule has 0 fully saturated rings. The van der Waals surface area contributed by atoms with Crippen LogP contribution in [0, 0.1) is 12.3 Å². The maximum absolute atomic E-state index is 5.25. The van der Waals surface area contributed by atoms with Gasteiger partial charge in [0.15, 0.2) is 5.96 Å². The lowest BCUT2D eigenvalue weighted by molar-refractivity contribution is 0.467. The molecule has 1 aromatic carbocycles. The molecule has 2 N–H and O–H groups in total. The molecule has 0 aliphatic carbocycles. The number of terminal acetylenes is 1. The van der Waals surface area contributed by atoms with E-state index in [2.05, 4.69) is 38.3 Å². The van der Waals surface area contributed by atoms with Crippen molar-refractivity contribution in [3.8, 4) is 23.6 Å². The molecule has 0 aliphatic rings. The molecule has 0 saturated carbocycles. The van der Waals surface area contributed by atoms with E-state index in [4.69, 9.17) is 6.42 Å². The van der Waals surface area contributed by atoms with Crippen LogP contribution in [0.5, 0.6) is 0 Å². The summed E-state index contributed by atoms with van der Waals surface area (Å²) in [6.45, 7) is 1.07. The first kappa shape index (κ1) is 18.0. The number of nitrogens with one attached hydrogen (secondary N) is 2. The summed E-state index contributed by atoms with van der Waals surface area (Å²) >= 11 is 0. The Morgan fingerprint density at radius 3 is 2.77 bits per heavy atom. The quantitative estimate of drug-likeness (QED) is 0.353. The number of guanidine groups is 1. The van der Waals surface area contributed by atoms with Crippen molar-refractivity contribution in [3.63, 3.8) is 0 Å². The lowest BCUT2D eigenvalue weighted by Gasteiger charge is -2.20. The number of hydrogen-bond acceptors (Lipinski definition) is 2. The maximum Gasteiger partial charge on any atom is 0.194 e. The SMILES string of the molecule is C#CCNC(=NC)N(C)Cc1ncc(-c2ccccc2)[nH]1.I. The summed E-state index contributed by atoms with van der Waals surface area (Å²) < 4.78 is 0. The standard InChI is InChI=1S/C16H19N5.HI/c1-4-10-18-16(17-2)21(3)12-15-19-11-14(20-15)13-8-6-5-7-9-13;/h1,5-9,11H,10,12H2,2-3H3,(H,17,18)(H,19,20);1H. The van der Waals surface area contributed by atoms with Crippen molar-refractivity contribution in [2.45, 2.75) is 6.54 Å². The number of H-pyrrole nitrogens is 1. The molecule has 0 spiro atoms. The molecular weight excluding hydrogens is 389 g/mol. The molecule has 0 unspecified atom stereocenters. The fraction of sp³-hybridized carbons (Fsp3) is 0.250. The Balaban J connectivity index is 0.00000242. The smallest absolute Gasteiger partial charge is 0.194 e. The number of hydrogen-bond donors (Lipinski definition) is 2. The average Bonchev–Trinajstić information content (AvgIpc) is 2.97. The molecule has 5 nitrogen and oxygen atoms in total. The Morgan fingerprint density at radius 1 is 1.41 bits per heavy atom. The Morgan fingerprint density at radius 2 is 2.14 bits per heavy atom. The van der Waals surface area contributed by atoms with E-state index in [9.17, 15) is 0 Å². The predicted molar refractivity (Wildman–Crippen MR) is 101 cm³/mol. The van der Waals surface area contributed by atoms with Crippen LogP contribution in [0.25, 0.3) is 11.3 Å². The van der Waals surface area contributed by atoms with Gasteiger partial charge in [0, 0.05) is 14.1 Å². The van der Waals surface area contributed by atoms with Crippen molar-refractivity contribution >= 4 is 29.9 Å². The number of aromatic amines is 1. The summed E-state index contributed by atoms with van der Waals surface area (Å²) in [5, 5.41) is 3.08. The largest absolute Gasteiger partial charge is 0.345 e. The molecule has 0 saturated heterocycles. The molecule has 2 aromatic rings. The van der Waals surface area contributed by atoms with Gasteiger partial charge >= 0.3 is 0 Å². The van der Waals surface area contributed by atoms with Gasteiger partial charge in [-0.2, -0.15) is 0 Å². The lowest BCUT2D eigenvalue weighted by atomic mass is 10.2. The highest BCUT2D eigenvalue weighted by Crippen LogP contribution is 2.16. The van der Waals surface area contributed by atoms with E-state index in [1.54, 1.807) is 7.05 Å². The molecule has 2 rings (SSSR count). The van der Waals surface area contributed by atoms with Gasteiger partial charge in [0.2, 0.25) is 0 Å². The highest BCUT2D eigenvalue weighted by atomic mass is 127. The Hall–Kier alpha value is -2.01. The molecule has 22 heavy (non-hydrogen) atoms. The van der Waals surface area contributed by atoms with E-state index in [1.165, 1.54) is 0 Å². The second kappa shape index (κ2) is 9.10. The topological polar surface area (TPSA) is 56.3 Å². The third kappa shape index (κ3) is 4.77. The van der Waals surface area contributed by atoms with E-state index in [0.29, 0.717) is 13.1 Å². The number of nitrogens with zero attached hydrogens (tertiary/aromatic N) is 3. The predicted octanol–water partition coefficient (Wildman–Crippen LogP) is 2.34. The summed E-state index contributed by atoms with van der Waals surface area (Å²) in [6, 6.07) is 10.1. The minimum Gasteiger partial charge on any atom is -0.345 e. The number of halogens is 1. The number of benzene rings is 1. The molecule has 0 radical (unpaired) electrons. The van der Waals surface area contributed by atoms with Crippen LogP contribution < -0.4 is 5.32 Å². The lowest BCUT2D eigenvalue weighted by Crippen LogP contribution is -2.38. The molecule has 116 valence electrons. The van der Waals surface area contributed by atoms with Gasteiger partial charge in [0.25, 0.3) is 0 Å². The highest BCUT2D eigenvalue weighted by Gasteiger charge is 2.09. The van der Waals surface area contributed by atoms with Gasteiger partial charge in [-0.15, -0.1) is 30.4 Å². The average molecular weight is 409 g/mol. The number of aliphatic imine (C=N–C) groups is 1. The normalized spacial score (nSPS) is 10.5. The summed E-state index contributed by atoms with van der Waals surface area (Å²) in [5.74, 6) is 4.15. The molecule has 0 aliphatic heterocycles. The summed E-state index contributed by atoms with van der Waals surface area (Å²) in [6.07, 6.45) is 7.09. The zero-order valence-corrected chi connectivity index (χ0v) is 15.0. The minimum atomic E-state index is 0. The van der Waals surface area contributed by atoms with Gasteiger partial charge in [0.1, 0.15) is 5.82 Å². The van der Waals surface area contributed by atoms with E-state index in [1.807, 2.05) is 36.3 Å². The first-order valence-corrected chi connectivity index (χ1v) is 6.69. The molecule has 6 heteroatoms. The van der Waals surface area contributed by atoms with Gasteiger partial charge in [0.05, 0.1) is 25.0 Å². The van der Waals surface area contributed by atoms with Crippen molar-refractivity contribution in [2.75, 3.05) is 20.6 Å². The third-order valence-corrected chi connectivity index (χ3v) is 3.02. The van der Waals surface area contributed by atoms with Crippen LogP contribution in [-0.4, -0.2) is 41.5 Å². The van der Waals surface area contributed by atoms with Crippen LogP contribution in [-0.2, 0) is 6.54 Å². The summed E-state index contributed by atoms with van der Waals surface area (Å²) in [4.78, 5) is 13.9. The fourth-order valence-corrected chi connectivity index (χ4v) is 2.02. The minimum absolute atomic E-state index is 0. The van der Waals surface area contributed by atoms with Crippen molar-refractivity contribution < 1.29 is 0 Å². The molecule has 0 atom stereocenters. The highest BCUT2D eigenvalue weighted by molar-refractivity contribution is 14.0. The van der Waals surface area contributed by atoms with Gasteiger partial charge in [-0.1, -0.05) is 36.3 Å². The van der Waals surface area contributed by atoms with Gasteiger partial charge in [-0.3, -0.25) is 4.99 Å². The van der Waals surface area contributed by atoms with Gasteiger partial charge in [-0.05, 0) is 5.56 Å². The fourth-order valence-electron chi connectivity index (χ4n) is 2.02. The van der Waals surface area contributed by atoms with Gasteiger partial charge < -0.3 is 15.2 Å². The number of aromatic nitrogens is 2. The summed E-state index contributed by atoms with van der Waals surface area (Å²) in [7, 11) is 3.67.